The van der Waals surface area contributed by atoms with Gasteiger partial charge in [0.25, 0.3) is 0 Å². The summed E-state index contributed by atoms with van der Waals surface area (Å²) in [5.41, 5.74) is 2.00. The molecule has 5 heteroatoms. The Balaban J connectivity index is 2.91. The Bertz CT molecular complexity index is 395. The fraction of sp³-hybridized carbons (Fsp3) is 0.846. The maximum absolute atomic E-state index is 11.6. The first-order valence-electron chi connectivity index (χ1n) is 6.87. The molecule has 0 amide bonds. The summed E-state index contributed by atoms with van der Waals surface area (Å²) in [5.74, 6) is 0. The van der Waals surface area contributed by atoms with Crippen molar-refractivity contribution in [2.45, 2.75) is 63.7 Å². The van der Waals surface area contributed by atoms with Gasteiger partial charge < -0.3 is 0 Å². The highest BCUT2D eigenvalue weighted by Crippen LogP contribution is 2.31. The minimum absolute atomic E-state index is 0.314. The number of hydrogen-bond donors (Lipinski definition) is 1. The normalized spacial score (nSPS) is 21.3. The third-order valence-corrected chi connectivity index (χ3v) is 7.57. The second kappa shape index (κ2) is 5.88. The van der Waals surface area contributed by atoms with E-state index in [-0.39, 0.29) is 5.54 Å². The molecule has 0 bridgehead atoms. The smallest absolute Gasteiger partial charge is 0.209 e. The van der Waals surface area contributed by atoms with Crippen molar-refractivity contribution in [1.82, 2.24) is 4.72 Å². The summed E-state index contributed by atoms with van der Waals surface area (Å²) >= 11 is 0. The van der Waals surface area contributed by atoms with Crippen molar-refractivity contribution >= 4 is 18.1 Å². The van der Waals surface area contributed by atoms with Crippen LogP contribution in [0.1, 0.15) is 39.0 Å². The van der Waals surface area contributed by atoms with Crippen LogP contribution in [0.3, 0.4) is 0 Å². The van der Waals surface area contributed by atoms with E-state index < -0.39 is 18.1 Å². The van der Waals surface area contributed by atoms with Gasteiger partial charge in [0.05, 0.1) is 19.9 Å². The van der Waals surface area contributed by atoms with Crippen molar-refractivity contribution in [3.8, 4) is 0 Å². The first-order chi connectivity index (χ1) is 8.18. The van der Waals surface area contributed by atoms with Crippen LogP contribution >= 0.6 is 0 Å². The minimum Gasteiger partial charge on any atom is -0.213 e. The van der Waals surface area contributed by atoms with Gasteiger partial charge >= 0.3 is 0 Å². The Labute approximate surface area is 113 Å². The highest BCUT2D eigenvalue weighted by molar-refractivity contribution is 7.88. The van der Waals surface area contributed by atoms with Gasteiger partial charge in [0, 0.05) is 0 Å². The molecule has 106 valence electrons. The predicted octanol–water partition coefficient (Wildman–Crippen LogP) is 3.06. The molecule has 0 spiro atoms. The van der Waals surface area contributed by atoms with Crippen LogP contribution in [-0.4, -0.2) is 28.3 Å². The molecule has 0 aromatic carbocycles. The van der Waals surface area contributed by atoms with Gasteiger partial charge in [-0.15, -0.1) is 0 Å². The summed E-state index contributed by atoms with van der Waals surface area (Å²) in [6.45, 7) is 6.86. The molecular formula is C13H27NO2SSi. The lowest BCUT2D eigenvalue weighted by molar-refractivity contribution is 0.330. The maximum Gasteiger partial charge on any atom is 0.209 e. The number of nitrogens with one attached hydrogen (secondary N) is 1. The summed E-state index contributed by atoms with van der Waals surface area (Å²) in [4.78, 5) is 0. The average Bonchev–Trinajstić information content (AvgIpc) is 2.26. The van der Waals surface area contributed by atoms with E-state index in [0.717, 1.165) is 25.7 Å². The molecule has 1 N–H and O–H groups in total. The van der Waals surface area contributed by atoms with E-state index in [0.29, 0.717) is 0 Å². The third-order valence-electron chi connectivity index (χ3n) is 3.90. The molecule has 0 aromatic heterocycles. The zero-order chi connectivity index (χ0) is 13.9. The predicted molar refractivity (Wildman–Crippen MR) is 80.9 cm³/mol. The molecule has 18 heavy (non-hydrogen) atoms. The van der Waals surface area contributed by atoms with Crippen LogP contribution in [0.2, 0.25) is 19.1 Å². The lowest BCUT2D eigenvalue weighted by Crippen LogP contribution is -2.48. The van der Waals surface area contributed by atoms with Gasteiger partial charge in [0.1, 0.15) is 0 Å². The van der Waals surface area contributed by atoms with Crippen LogP contribution in [0.5, 0.6) is 0 Å². The van der Waals surface area contributed by atoms with E-state index >= 15 is 0 Å². The molecule has 0 radical (unpaired) electrons. The standard InChI is InChI=1S/C13H27NO2SSi/c1-5-18(3,4)12-11-13(14-17(2,15)16)9-7-6-8-10-13/h11-12,14H,5-10H2,1-4H3/b12-11+. The molecule has 0 heterocycles. The van der Waals surface area contributed by atoms with Crippen molar-refractivity contribution in [3.05, 3.63) is 11.8 Å². The highest BCUT2D eigenvalue weighted by atomic mass is 32.2. The number of hydrogen-bond acceptors (Lipinski definition) is 2. The average molecular weight is 290 g/mol. The van der Waals surface area contributed by atoms with Crippen molar-refractivity contribution in [1.29, 1.82) is 0 Å². The SMILES string of the molecule is CC[Si](C)(C)/C=C/C1(NS(C)(=O)=O)CCCCC1. The molecule has 3 nitrogen and oxygen atoms in total. The molecule has 1 rings (SSSR count). The van der Waals surface area contributed by atoms with E-state index in [1.54, 1.807) is 0 Å². The Morgan fingerprint density at radius 3 is 2.22 bits per heavy atom. The molecule has 0 atom stereocenters. The highest BCUT2D eigenvalue weighted by Gasteiger charge is 2.32. The van der Waals surface area contributed by atoms with Gasteiger partial charge in [-0.1, -0.05) is 57.1 Å². The number of rotatable bonds is 5. The van der Waals surface area contributed by atoms with Crippen LogP contribution in [0.25, 0.3) is 0 Å². The van der Waals surface area contributed by atoms with Crippen LogP contribution in [0, 0.1) is 0 Å². The Hall–Kier alpha value is -0.133. The van der Waals surface area contributed by atoms with Gasteiger partial charge in [-0.2, -0.15) is 0 Å². The van der Waals surface area contributed by atoms with Crippen molar-refractivity contribution in [2.75, 3.05) is 6.26 Å². The molecule has 1 fully saturated rings. The lowest BCUT2D eigenvalue weighted by atomic mass is 9.83. The largest absolute Gasteiger partial charge is 0.213 e. The molecule has 0 aromatic rings. The van der Waals surface area contributed by atoms with Gasteiger partial charge in [0.15, 0.2) is 0 Å². The van der Waals surface area contributed by atoms with E-state index in [1.807, 2.05) is 0 Å². The third kappa shape index (κ3) is 5.24. The molecule has 1 aliphatic rings. The van der Waals surface area contributed by atoms with Crippen LogP contribution in [-0.2, 0) is 10.0 Å². The monoisotopic (exact) mass is 289 g/mol. The molecule has 1 aliphatic carbocycles. The summed E-state index contributed by atoms with van der Waals surface area (Å²) in [6, 6.07) is 1.19. The first-order valence-corrected chi connectivity index (χ1v) is 12.1. The molecule has 0 saturated heterocycles. The van der Waals surface area contributed by atoms with E-state index in [9.17, 15) is 8.42 Å². The fourth-order valence-electron chi connectivity index (χ4n) is 2.36. The van der Waals surface area contributed by atoms with E-state index in [4.69, 9.17) is 0 Å². The van der Waals surface area contributed by atoms with Crippen LogP contribution < -0.4 is 4.72 Å². The second-order valence-electron chi connectivity index (χ2n) is 6.27. The van der Waals surface area contributed by atoms with Gasteiger partial charge in [-0.05, 0) is 12.8 Å². The summed E-state index contributed by atoms with van der Waals surface area (Å²) in [6.07, 6.45) is 8.75. The second-order valence-corrected chi connectivity index (χ2v) is 13.0. The Kier molecular flexibility index (Phi) is 5.20. The Morgan fingerprint density at radius 2 is 1.78 bits per heavy atom. The van der Waals surface area contributed by atoms with Gasteiger partial charge in [0.2, 0.25) is 10.0 Å². The molecule has 1 saturated carbocycles. The molecular weight excluding hydrogens is 262 g/mol. The van der Waals surface area contributed by atoms with Crippen molar-refractivity contribution in [2.24, 2.45) is 0 Å². The molecule has 0 unspecified atom stereocenters. The first kappa shape index (κ1) is 15.9. The summed E-state index contributed by atoms with van der Waals surface area (Å²) < 4.78 is 26.0. The lowest BCUT2D eigenvalue weighted by Gasteiger charge is -2.35. The minimum atomic E-state index is -3.14. The molecule has 0 aliphatic heterocycles. The maximum atomic E-state index is 11.6. The fourth-order valence-corrected chi connectivity index (χ4v) is 4.37. The summed E-state index contributed by atoms with van der Waals surface area (Å²) in [7, 11) is -4.44. The zero-order valence-corrected chi connectivity index (χ0v) is 13.9. The van der Waals surface area contributed by atoms with Gasteiger partial charge in [-0.25, -0.2) is 13.1 Å². The zero-order valence-electron chi connectivity index (χ0n) is 12.1. The number of sulfonamides is 1. The van der Waals surface area contributed by atoms with Crippen LogP contribution in [0.4, 0.5) is 0 Å². The van der Waals surface area contributed by atoms with Gasteiger partial charge in [-0.3, -0.25) is 0 Å². The van der Waals surface area contributed by atoms with Crippen molar-refractivity contribution < 1.29 is 8.42 Å². The topological polar surface area (TPSA) is 46.2 Å². The Morgan fingerprint density at radius 1 is 1.22 bits per heavy atom. The van der Waals surface area contributed by atoms with E-state index in [1.165, 1.54) is 18.7 Å². The van der Waals surface area contributed by atoms with Crippen molar-refractivity contribution in [3.63, 3.8) is 0 Å². The van der Waals surface area contributed by atoms with Crippen LogP contribution in [0.15, 0.2) is 11.8 Å². The van der Waals surface area contributed by atoms with E-state index in [2.05, 4.69) is 36.5 Å². The summed E-state index contributed by atoms with van der Waals surface area (Å²) in [5, 5.41) is 0. The quantitative estimate of drug-likeness (QED) is 0.791.